The first-order valence-electron chi connectivity index (χ1n) is 5.50. The Bertz CT molecular complexity index is 394. The predicted octanol–water partition coefficient (Wildman–Crippen LogP) is 0.369. The molecule has 2 fully saturated rings. The first-order chi connectivity index (χ1) is 8.11. The molecule has 3 heterocycles. The normalized spacial score (nSPS) is 39.5. The first kappa shape index (κ1) is 11.1. The van der Waals surface area contributed by atoms with E-state index in [1.165, 1.54) is 0 Å². The topological polar surface area (TPSA) is 78.5 Å². The summed E-state index contributed by atoms with van der Waals surface area (Å²) in [5, 5.41) is 10.4. The van der Waals surface area contributed by atoms with Crippen LogP contribution in [0, 0.1) is 0 Å². The number of nitrogens with one attached hydrogen (secondary N) is 1. The minimum Gasteiger partial charge on any atom is -0.353 e. The number of rotatable bonds is 2. The summed E-state index contributed by atoms with van der Waals surface area (Å²) in [4.78, 5) is 0. The molecule has 0 aromatic carbocycles. The first-order valence-corrected chi connectivity index (χ1v) is 5.50. The second kappa shape index (κ2) is 3.74. The summed E-state index contributed by atoms with van der Waals surface area (Å²) >= 11 is 0. The van der Waals surface area contributed by atoms with E-state index in [4.69, 9.17) is 18.9 Å². The fourth-order valence-corrected chi connectivity index (χ4v) is 2.34. The van der Waals surface area contributed by atoms with Gasteiger partial charge in [-0.25, -0.2) is 0 Å². The Morgan fingerprint density at radius 3 is 2.76 bits per heavy atom. The largest absolute Gasteiger partial charge is 0.353 e. The zero-order chi connectivity index (χ0) is 12.0. The second-order valence-corrected chi connectivity index (χ2v) is 4.62. The average molecular weight is 241 g/mol. The van der Waals surface area contributed by atoms with Crippen LogP contribution in [-0.2, 0) is 18.9 Å². The van der Waals surface area contributed by atoms with Crippen molar-refractivity contribution < 1.29 is 18.9 Å². The quantitative estimate of drug-likeness (QED) is 0.805. The van der Waals surface area contributed by atoms with E-state index < -0.39 is 12.1 Å². The number of nitrogens with zero attached hydrogens (tertiary/aromatic N) is 2. The van der Waals surface area contributed by atoms with Gasteiger partial charge in [0.1, 0.15) is 24.0 Å². The summed E-state index contributed by atoms with van der Waals surface area (Å²) in [7, 11) is 1.58. The molecule has 7 nitrogen and oxygen atoms in total. The number of fused-ring (bicyclic) bond motifs is 1. The van der Waals surface area contributed by atoms with Gasteiger partial charge in [0.25, 0.3) is 0 Å². The van der Waals surface area contributed by atoms with Gasteiger partial charge in [0, 0.05) is 7.11 Å². The molecule has 4 atom stereocenters. The molecule has 0 radical (unpaired) electrons. The van der Waals surface area contributed by atoms with Gasteiger partial charge in [-0.1, -0.05) is 0 Å². The molecule has 2 aliphatic rings. The molecule has 0 amide bonds. The second-order valence-electron chi connectivity index (χ2n) is 4.62. The number of hydrogen-bond donors (Lipinski definition) is 1. The summed E-state index contributed by atoms with van der Waals surface area (Å²) in [5.74, 6) is -0.627. The minimum atomic E-state index is -0.627. The van der Waals surface area contributed by atoms with Crippen molar-refractivity contribution in [3.05, 3.63) is 11.9 Å². The van der Waals surface area contributed by atoms with Gasteiger partial charge < -0.3 is 18.9 Å². The van der Waals surface area contributed by atoms with Crippen molar-refractivity contribution in [1.29, 1.82) is 0 Å². The van der Waals surface area contributed by atoms with Crippen molar-refractivity contribution in [2.45, 2.75) is 44.2 Å². The van der Waals surface area contributed by atoms with Crippen LogP contribution in [-0.4, -0.2) is 46.8 Å². The summed E-state index contributed by atoms with van der Waals surface area (Å²) < 4.78 is 22.6. The summed E-state index contributed by atoms with van der Waals surface area (Å²) in [6, 6.07) is 0. The van der Waals surface area contributed by atoms with Crippen LogP contribution in [0.15, 0.2) is 6.20 Å². The van der Waals surface area contributed by atoms with Crippen molar-refractivity contribution >= 4 is 0 Å². The van der Waals surface area contributed by atoms with Crippen LogP contribution in [0.1, 0.15) is 25.6 Å². The number of aromatic amines is 1. The van der Waals surface area contributed by atoms with Crippen LogP contribution in [0.4, 0.5) is 0 Å². The third-order valence-electron chi connectivity index (χ3n) is 2.97. The fourth-order valence-electron chi connectivity index (χ4n) is 2.34. The van der Waals surface area contributed by atoms with Gasteiger partial charge >= 0.3 is 0 Å². The van der Waals surface area contributed by atoms with Crippen LogP contribution in [0.3, 0.4) is 0 Å². The highest BCUT2D eigenvalue weighted by Gasteiger charge is 2.56. The standard InChI is InChI=1S/C10H15N3O4/c1-10(2)16-7-6(5-4-11-13-12-5)15-9(14-3)8(7)17-10/h4,6-9H,1-3H3,(H,11,12,13)/t6-,7-,8-,9-/m1/s1. The molecule has 7 heteroatoms. The molecule has 2 saturated heterocycles. The third kappa shape index (κ3) is 1.75. The molecular formula is C10H15N3O4. The molecule has 0 unspecified atom stereocenters. The van der Waals surface area contributed by atoms with E-state index in [0.29, 0.717) is 5.69 Å². The van der Waals surface area contributed by atoms with E-state index >= 15 is 0 Å². The number of methoxy groups -OCH3 is 1. The van der Waals surface area contributed by atoms with Gasteiger partial charge in [-0.15, -0.1) is 0 Å². The molecule has 1 N–H and O–H groups in total. The minimum absolute atomic E-state index is 0.222. The van der Waals surface area contributed by atoms with Crippen molar-refractivity contribution in [3.63, 3.8) is 0 Å². The molecule has 1 aromatic heterocycles. The number of hydrogen-bond acceptors (Lipinski definition) is 6. The smallest absolute Gasteiger partial charge is 0.187 e. The van der Waals surface area contributed by atoms with Gasteiger partial charge in [0.15, 0.2) is 12.1 Å². The van der Waals surface area contributed by atoms with Crippen molar-refractivity contribution in [3.8, 4) is 0 Å². The number of ether oxygens (including phenoxy) is 4. The number of H-pyrrole nitrogens is 1. The van der Waals surface area contributed by atoms with Crippen LogP contribution in [0.2, 0.25) is 0 Å². The van der Waals surface area contributed by atoms with Gasteiger partial charge in [-0.3, -0.25) is 0 Å². The molecule has 0 bridgehead atoms. The van der Waals surface area contributed by atoms with Gasteiger partial charge in [-0.2, -0.15) is 15.4 Å². The molecule has 3 rings (SSSR count). The van der Waals surface area contributed by atoms with E-state index in [1.807, 2.05) is 13.8 Å². The molecule has 0 saturated carbocycles. The van der Waals surface area contributed by atoms with Crippen LogP contribution in [0.5, 0.6) is 0 Å². The van der Waals surface area contributed by atoms with E-state index in [9.17, 15) is 0 Å². The molecule has 94 valence electrons. The Labute approximate surface area is 98.4 Å². The molecule has 0 aliphatic carbocycles. The summed E-state index contributed by atoms with van der Waals surface area (Å²) in [6.45, 7) is 3.75. The Balaban J connectivity index is 1.88. The van der Waals surface area contributed by atoms with E-state index in [-0.39, 0.29) is 18.3 Å². The Morgan fingerprint density at radius 1 is 1.35 bits per heavy atom. The third-order valence-corrected chi connectivity index (χ3v) is 2.97. The lowest BCUT2D eigenvalue weighted by Crippen LogP contribution is -2.30. The lowest BCUT2D eigenvalue weighted by molar-refractivity contribution is -0.228. The summed E-state index contributed by atoms with van der Waals surface area (Å²) in [6.07, 6.45) is 0.403. The predicted molar refractivity (Wildman–Crippen MR) is 54.8 cm³/mol. The SMILES string of the molecule is CO[C@@H]1O[C@H](c2cn[nH]n2)[C@H]2OC(C)(C)O[C@@H]12. The Kier molecular flexibility index (Phi) is 2.44. The highest BCUT2D eigenvalue weighted by Crippen LogP contribution is 2.44. The summed E-state index contributed by atoms with van der Waals surface area (Å²) in [5.41, 5.74) is 0.695. The maximum absolute atomic E-state index is 5.83. The highest BCUT2D eigenvalue weighted by molar-refractivity contribution is 5.07. The van der Waals surface area contributed by atoms with Gasteiger partial charge in [0.05, 0.1) is 6.20 Å². The van der Waals surface area contributed by atoms with Crippen molar-refractivity contribution in [2.24, 2.45) is 0 Å². The molecule has 17 heavy (non-hydrogen) atoms. The molecule has 0 spiro atoms. The average Bonchev–Trinajstić information content (AvgIpc) is 2.91. The molecule has 2 aliphatic heterocycles. The Hall–Kier alpha value is -1.02. The molecular weight excluding hydrogens is 226 g/mol. The highest BCUT2D eigenvalue weighted by atomic mass is 16.8. The van der Waals surface area contributed by atoms with Gasteiger partial charge in [-0.05, 0) is 13.8 Å². The van der Waals surface area contributed by atoms with Crippen molar-refractivity contribution in [2.75, 3.05) is 7.11 Å². The fraction of sp³-hybridized carbons (Fsp3) is 0.800. The Morgan fingerprint density at radius 2 is 2.12 bits per heavy atom. The van der Waals surface area contributed by atoms with E-state index in [0.717, 1.165) is 0 Å². The monoisotopic (exact) mass is 241 g/mol. The zero-order valence-electron chi connectivity index (χ0n) is 9.91. The maximum Gasteiger partial charge on any atom is 0.187 e. The van der Waals surface area contributed by atoms with Gasteiger partial charge in [0.2, 0.25) is 0 Å². The number of aromatic nitrogens is 3. The van der Waals surface area contributed by atoms with Crippen molar-refractivity contribution in [1.82, 2.24) is 15.4 Å². The lowest BCUT2D eigenvalue weighted by atomic mass is 10.1. The van der Waals surface area contributed by atoms with Crippen LogP contribution >= 0.6 is 0 Å². The van der Waals surface area contributed by atoms with Crippen LogP contribution < -0.4 is 0 Å². The zero-order valence-corrected chi connectivity index (χ0v) is 9.91. The maximum atomic E-state index is 5.83. The lowest BCUT2D eigenvalue weighted by Gasteiger charge is -2.22. The molecule has 1 aromatic rings. The van der Waals surface area contributed by atoms with Crippen LogP contribution in [0.25, 0.3) is 0 Å². The van der Waals surface area contributed by atoms with E-state index in [2.05, 4.69) is 15.4 Å². The van der Waals surface area contributed by atoms with E-state index in [1.54, 1.807) is 13.3 Å².